The van der Waals surface area contributed by atoms with Gasteiger partial charge in [-0.25, -0.2) is 0 Å². The molecule has 20 heavy (non-hydrogen) atoms. The van der Waals surface area contributed by atoms with Crippen LogP contribution in [0.5, 0.6) is 5.75 Å². The Bertz CT molecular complexity index is 493. The van der Waals surface area contributed by atoms with Gasteiger partial charge in [-0.05, 0) is 37.0 Å². The van der Waals surface area contributed by atoms with Crippen LogP contribution >= 0.6 is 0 Å². The molecular formula is C16H17F3O. The minimum atomic E-state index is -4.45. The fourth-order valence-corrected chi connectivity index (χ4v) is 2.54. The van der Waals surface area contributed by atoms with Crippen LogP contribution in [0, 0.1) is 18.3 Å². The highest BCUT2D eigenvalue weighted by atomic mass is 19.4. The lowest BCUT2D eigenvalue weighted by Gasteiger charge is -2.22. The Labute approximate surface area is 117 Å². The summed E-state index contributed by atoms with van der Waals surface area (Å²) in [7, 11) is 0. The number of halogens is 3. The third-order valence-corrected chi connectivity index (χ3v) is 3.66. The molecule has 0 saturated heterocycles. The first-order valence-electron chi connectivity index (χ1n) is 6.81. The number of hydrogen-bond donors (Lipinski definition) is 0. The lowest BCUT2D eigenvalue weighted by atomic mass is 9.90. The summed E-state index contributed by atoms with van der Waals surface area (Å²) in [5.74, 6) is 2.75. The van der Waals surface area contributed by atoms with Gasteiger partial charge in [-0.2, -0.15) is 13.2 Å². The molecule has 1 saturated carbocycles. The fraction of sp³-hybridized carbons (Fsp3) is 0.500. The largest absolute Gasteiger partial charge is 0.493 e. The molecule has 4 heteroatoms. The van der Waals surface area contributed by atoms with Crippen LogP contribution in [0.25, 0.3) is 0 Å². The van der Waals surface area contributed by atoms with Crippen molar-refractivity contribution >= 4 is 0 Å². The third-order valence-electron chi connectivity index (χ3n) is 3.66. The molecule has 0 heterocycles. The molecule has 1 nitrogen and oxygen atoms in total. The van der Waals surface area contributed by atoms with Crippen LogP contribution in [0.15, 0.2) is 18.2 Å². The third kappa shape index (κ3) is 3.69. The Hall–Kier alpha value is -1.63. The van der Waals surface area contributed by atoms with Gasteiger partial charge in [0.05, 0.1) is 12.2 Å². The van der Waals surface area contributed by atoms with Crippen molar-refractivity contribution in [1.82, 2.24) is 0 Å². The first kappa shape index (κ1) is 14.8. The van der Waals surface area contributed by atoms with E-state index >= 15 is 0 Å². The maximum atomic E-state index is 12.9. The SMILES string of the molecule is C#Cc1ccc(OCC2CCCCC2)cc1C(F)(F)F. The van der Waals surface area contributed by atoms with Crippen LogP contribution in [0.3, 0.4) is 0 Å². The summed E-state index contributed by atoms with van der Waals surface area (Å²) in [6, 6.07) is 3.80. The summed E-state index contributed by atoms with van der Waals surface area (Å²) in [6.07, 6.45) is 6.43. The van der Waals surface area contributed by atoms with Gasteiger partial charge in [0, 0.05) is 5.56 Å². The van der Waals surface area contributed by atoms with Gasteiger partial charge >= 0.3 is 6.18 Å². The van der Waals surface area contributed by atoms with Gasteiger partial charge in [-0.1, -0.05) is 25.2 Å². The summed E-state index contributed by atoms with van der Waals surface area (Å²) >= 11 is 0. The quantitative estimate of drug-likeness (QED) is 0.733. The van der Waals surface area contributed by atoms with Gasteiger partial charge in [0.25, 0.3) is 0 Å². The number of ether oxygens (including phenoxy) is 1. The van der Waals surface area contributed by atoms with Gasteiger partial charge in [0.15, 0.2) is 0 Å². The highest BCUT2D eigenvalue weighted by Crippen LogP contribution is 2.34. The number of alkyl halides is 3. The van der Waals surface area contributed by atoms with E-state index in [9.17, 15) is 13.2 Å². The number of terminal acetylenes is 1. The van der Waals surface area contributed by atoms with Gasteiger partial charge in [-0.15, -0.1) is 6.42 Å². The lowest BCUT2D eigenvalue weighted by molar-refractivity contribution is -0.137. The zero-order valence-corrected chi connectivity index (χ0v) is 11.2. The molecule has 0 N–H and O–H groups in total. The van der Waals surface area contributed by atoms with Crippen LogP contribution in [-0.4, -0.2) is 6.61 Å². The molecule has 0 atom stereocenters. The minimum absolute atomic E-state index is 0.150. The normalized spacial score (nSPS) is 16.7. The summed E-state index contributed by atoms with van der Waals surface area (Å²) < 4.78 is 44.1. The van der Waals surface area contributed by atoms with E-state index in [-0.39, 0.29) is 11.3 Å². The molecule has 0 unspecified atom stereocenters. The van der Waals surface area contributed by atoms with Crippen molar-refractivity contribution in [3.8, 4) is 18.1 Å². The summed E-state index contributed by atoms with van der Waals surface area (Å²) in [4.78, 5) is 0. The molecule has 1 aromatic carbocycles. The molecule has 0 amide bonds. The second-order valence-electron chi connectivity index (χ2n) is 5.16. The Morgan fingerprint density at radius 2 is 1.90 bits per heavy atom. The highest BCUT2D eigenvalue weighted by Gasteiger charge is 2.33. The predicted octanol–water partition coefficient (Wildman–Crippen LogP) is 4.65. The monoisotopic (exact) mass is 282 g/mol. The topological polar surface area (TPSA) is 9.23 Å². The van der Waals surface area contributed by atoms with Crippen LogP contribution in [0.1, 0.15) is 43.2 Å². The standard InChI is InChI=1S/C16H17F3O/c1-2-13-8-9-14(10-15(13)16(17,18)19)20-11-12-6-4-3-5-7-12/h1,8-10,12H,3-7,11H2. The van der Waals surface area contributed by atoms with E-state index in [1.54, 1.807) is 0 Å². The van der Waals surface area contributed by atoms with E-state index < -0.39 is 11.7 Å². The summed E-state index contributed by atoms with van der Waals surface area (Å²) in [5, 5.41) is 0. The lowest BCUT2D eigenvalue weighted by Crippen LogP contribution is -2.15. The maximum absolute atomic E-state index is 12.9. The summed E-state index contributed by atoms with van der Waals surface area (Å²) in [6.45, 7) is 0.479. The Balaban J connectivity index is 2.07. The van der Waals surface area contributed by atoms with Gasteiger partial charge < -0.3 is 4.74 Å². The van der Waals surface area contributed by atoms with Gasteiger partial charge in [0.1, 0.15) is 5.75 Å². The van der Waals surface area contributed by atoms with Crippen LogP contribution in [0.4, 0.5) is 13.2 Å². The summed E-state index contributed by atoms with van der Waals surface area (Å²) in [5.41, 5.74) is -0.955. The molecule has 0 radical (unpaired) electrons. The first-order valence-corrected chi connectivity index (χ1v) is 6.81. The molecule has 0 spiro atoms. The molecule has 1 aliphatic rings. The number of hydrogen-bond acceptors (Lipinski definition) is 1. The molecule has 0 aromatic heterocycles. The molecule has 1 aliphatic carbocycles. The van der Waals surface area contributed by atoms with Crippen molar-refractivity contribution < 1.29 is 17.9 Å². The van der Waals surface area contributed by atoms with E-state index in [0.29, 0.717) is 12.5 Å². The smallest absolute Gasteiger partial charge is 0.417 e. The van der Waals surface area contributed by atoms with E-state index in [1.807, 2.05) is 0 Å². The second-order valence-corrected chi connectivity index (χ2v) is 5.16. The Morgan fingerprint density at radius 3 is 2.50 bits per heavy atom. The average Bonchev–Trinajstić information content (AvgIpc) is 2.45. The fourth-order valence-electron chi connectivity index (χ4n) is 2.54. The molecule has 0 aliphatic heterocycles. The zero-order valence-electron chi connectivity index (χ0n) is 11.2. The zero-order chi connectivity index (χ0) is 14.6. The molecular weight excluding hydrogens is 265 g/mol. The maximum Gasteiger partial charge on any atom is 0.417 e. The second kappa shape index (κ2) is 6.21. The number of benzene rings is 1. The highest BCUT2D eigenvalue weighted by molar-refractivity contribution is 5.45. The van der Waals surface area contributed by atoms with E-state index in [4.69, 9.17) is 11.2 Å². The van der Waals surface area contributed by atoms with Crippen molar-refractivity contribution in [2.75, 3.05) is 6.61 Å². The molecule has 2 rings (SSSR count). The molecule has 0 bridgehead atoms. The first-order chi connectivity index (χ1) is 9.50. The molecule has 108 valence electrons. The van der Waals surface area contributed by atoms with Gasteiger partial charge in [-0.3, -0.25) is 0 Å². The van der Waals surface area contributed by atoms with Crippen LogP contribution in [0.2, 0.25) is 0 Å². The van der Waals surface area contributed by atoms with Crippen molar-refractivity contribution in [2.45, 2.75) is 38.3 Å². The van der Waals surface area contributed by atoms with Crippen molar-refractivity contribution in [3.05, 3.63) is 29.3 Å². The Morgan fingerprint density at radius 1 is 1.20 bits per heavy atom. The van der Waals surface area contributed by atoms with E-state index in [0.717, 1.165) is 18.9 Å². The van der Waals surface area contributed by atoms with Crippen molar-refractivity contribution in [3.63, 3.8) is 0 Å². The Kier molecular flexibility index (Phi) is 4.59. The van der Waals surface area contributed by atoms with Crippen LogP contribution in [-0.2, 0) is 6.18 Å². The molecule has 1 aromatic rings. The van der Waals surface area contributed by atoms with Gasteiger partial charge in [0.2, 0.25) is 0 Å². The van der Waals surface area contributed by atoms with E-state index in [2.05, 4.69) is 5.92 Å². The van der Waals surface area contributed by atoms with Crippen LogP contribution < -0.4 is 4.74 Å². The number of rotatable bonds is 3. The molecule has 1 fully saturated rings. The van der Waals surface area contributed by atoms with E-state index in [1.165, 1.54) is 31.4 Å². The van der Waals surface area contributed by atoms with Crippen molar-refractivity contribution in [1.29, 1.82) is 0 Å². The van der Waals surface area contributed by atoms with Crippen molar-refractivity contribution in [2.24, 2.45) is 5.92 Å². The predicted molar refractivity (Wildman–Crippen MR) is 71.4 cm³/mol. The average molecular weight is 282 g/mol. The minimum Gasteiger partial charge on any atom is -0.493 e.